The van der Waals surface area contributed by atoms with Crippen molar-refractivity contribution >= 4 is 17.6 Å². The molecular formula is C6H6ClN3O2. The van der Waals surface area contributed by atoms with Crippen LogP contribution in [-0.4, -0.2) is 20.9 Å². The lowest BCUT2D eigenvalue weighted by molar-refractivity contribution is -0.134. The highest BCUT2D eigenvalue weighted by Gasteiger charge is 2.04. The van der Waals surface area contributed by atoms with Gasteiger partial charge in [0.1, 0.15) is 6.33 Å². The number of carbonyl (C=O) groups is 1. The van der Waals surface area contributed by atoms with Crippen molar-refractivity contribution in [3.63, 3.8) is 0 Å². The van der Waals surface area contributed by atoms with Crippen LogP contribution in [0.2, 0.25) is 5.28 Å². The summed E-state index contributed by atoms with van der Waals surface area (Å²) in [4.78, 5) is 21.4. The molecule has 1 aromatic rings. The van der Waals surface area contributed by atoms with Crippen LogP contribution in [0.25, 0.3) is 0 Å². The van der Waals surface area contributed by atoms with Crippen molar-refractivity contribution in [1.82, 2.24) is 15.0 Å². The third-order valence-corrected chi connectivity index (χ3v) is 1.20. The summed E-state index contributed by atoms with van der Waals surface area (Å²) in [6, 6.07) is -0.0677. The van der Waals surface area contributed by atoms with Gasteiger partial charge >= 0.3 is 12.0 Å². The van der Waals surface area contributed by atoms with Gasteiger partial charge in [-0.1, -0.05) is 6.92 Å². The standard InChI is InChI=1S/C6H6ClN3O2/c1-2-4(11)12-6-9-3-8-5(7)10-6/h3H,2H2,1H3. The van der Waals surface area contributed by atoms with Crippen molar-refractivity contribution < 1.29 is 9.53 Å². The van der Waals surface area contributed by atoms with Crippen LogP contribution < -0.4 is 4.74 Å². The van der Waals surface area contributed by atoms with Crippen molar-refractivity contribution in [2.75, 3.05) is 0 Å². The Hall–Kier alpha value is -1.23. The Kier molecular flexibility index (Phi) is 2.93. The summed E-state index contributed by atoms with van der Waals surface area (Å²) in [6.45, 7) is 1.67. The van der Waals surface area contributed by atoms with Crippen LogP contribution in [-0.2, 0) is 4.79 Å². The second-order valence-electron chi connectivity index (χ2n) is 1.86. The van der Waals surface area contributed by atoms with Gasteiger partial charge < -0.3 is 4.74 Å². The number of esters is 1. The Labute approximate surface area is 73.8 Å². The molecule has 0 aliphatic carbocycles. The van der Waals surface area contributed by atoms with Crippen molar-refractivity contribution in [1.29, 1.82) is 0 Å². The van der Waals surface area contributed by atoms with E-state index < -0.39 is 5.97 Å². The van der Waals surface area contributed by atoms with Crippen molar-refractivity contribution in [2.24, 2.45) is 0 Å². The largest absolute Gasteiger partial charge is 0.391 e. The summed E-state index contributed by atoms with van der Waals surface area (Å²) >= 11 is 5.42. The van der Waals surface area contributed by atoms with Crippen LogP contribution >= 0.6 is 11.6 Å². The fourth-order valence-electron chi connectivity index (χ4n) is 0.486. The SMILES string of the molecule is CCC(=O)Oc1ncnc(Cl)n1. The average Bonchev–Trinajstić information content (AvgIpc) is 2.04. The summed E-state index contributed by atoms with van der Waals surface area (Å²) < 4.78 is 4.66. The first-order valence-corrected chi connectivity index (χ1v) is 3.65. The van der Waals surface area contributed by atoms with E-state index in [2.05, 4.69) is 19.7 Å². The third kappa shape index (κ3) is 2.43. The van der Waals surface area contributed by atoms with E-state index in [-0.39, 0.29) is 17.7 Å². The zero-order valence-corrected chi connectivity index (χ0v) is 7.08. The number of nitrogens with zero attached hydrogens (tertiary/aromatic N) is 3. The van der Waals surface area contributed by atoms with Gasteiger partial charge in [0.25, 0.3) is 0 Å². The first-order chi connectivity index (χ1) is 5.72. The van der Waals surface area contributed by atoms with Crippen molar-refractivity contribution in [3.05, 3.63) is 11.6 Å². The van der Waals surface area contributed by atoms with Gasteiger partial charge in [-0.25, -0.2) is 4.98 Å². The number of hydrogen-bond acceptors (Lipinski definition) is 5. The molecule has 0 saturated carbocycles. The Balaban J connectivity index is 2.69. The highest BCUT2D eigenvalue weighted by molar-refractivity contribution is 6.28. The average molecular weight is 188 g/mol. The Morgan fingerprint density at radius 2 is 2.42 bits per heavy atom. The minimum absolute atomic E-state index is 0.00361. The molecular weight excluding hydrogens is 182 g/mol. The molecule has 0 saturated heterocycles. The quantitative estimate of drug-likeness (QED) is 0.642. The van der Waals surface area contributed by atoms with E-state index in [4.69, 9.17) is 11.6 Å². The molecule has 0 amide bonds. The molecule has 0 aromatic carbocycles. The minimum Gasteiger partial charge on any atom is -0.391 e. The van der Waals surface area contributed by atoms with E-state index in [1.165, 1.54) is 6.33 Å². The monoisotopic (exact) mass is 187 g/mol. The van der Waals surface area contributed by atoms with Crippen LogP contribution in [0, 0.1) is 0 Å². The van der Waals surface area contributed by atoms with Crippen LogP contribution in [0.1, 0.15) is 13.3 Å². The molecule has 0 spiro atoms. The molecule has 0 radical (unpaired) electrons. The molecule has 0 unspecified atom stereocenters. The van der Waals surface area contributed by atoms with Crippen LogP contribution in [0.5, 0.6) is 6.01 Å². The molecule has 12 heavy (non-hydrogen) atoms. The Bertz CT molecular complexity index is 292. The summed E-state index contributed by atoms with van der Waals surface area (Å²) in [5.74, 6) is -0.405. The van der Waals surface area contributed by atoms with Crippen LogP contribution in [0.3, 0.4) is 0 Å². The van der Waals surface area contributed by atoms with E-state index in [9.17, 15) is 4.79 Å². The number of halogens is 1. The lowest BCUT2D eigenvalue weighted by Crippen LogP contribution is -2.08. The zero-order valence-electron chi connectivity index (χ0n) is 6.32. The molecule has 1 heterocycles. The molecule has 0 aliphatic heterocycles. The maximum absolute atomic E-state index is 10.7. The smallest absolute Gasteiger partial charge is 0.328 e. The van der Waals surface area contributed by atoms with Gasteiger partial charge in [-0.05, 0) is 11.6 Å². The van der Waals surface area contributed by atoms with Gasteiger partial charge in [0.2, 0.25) is 5.28 Å². The van der Waals surface area contributed by atoms with Gasteiger partial charge in [-0.3, -0.25) is 4.79 Å². The molecule has 0 atom stereocenters. The first-order valence-electron chi connectivity index (χ1n) is 3.27. The summed E-state index contributed by atoms with van der Waals surface area (Å²) in [5.41, 5.74) is 0. The van der Waals surface area contributed by atoms with Crippen LogP contribution in [0.4, 0.5) is 0 Å². The molecule has 6 heteroatoms. The summed E-state index contributed by atoms with van der Waals surface area (Å²) in [7, 11) is 0. The van der Waals surface area contributed by atoms with Crippen molar-refractivity contribution in [3.8, 4) is 6.01 Å². The highest BCUT2D eigenvalue weighted by Crippen LogP contribution is 2.04. The zero-order chi connectivity index (χ0) is 8.97. The van der Waals surface area contributed by atoms with E-state index in [1.54, 1.807) is 6.92 Å². The molecule has 0 bridgehead atoms. The topological polar surface area (TPSA) is 65.0 Å². The molecule has 64 valence electrons. The Morgan fingerprint density at radius 1 is 1.67 bits per heavy atom. The minimum atomic E-state index is -0.405. The second kappa shape index (κ2) is 3.96. The molecule has 1 aromatic heterocycles. The van der Waals surface area contributed by atoms with E-state index in [0.717, 1.165) is 0 Å². The summed E-state index contributed by atoms with van der Waals surface area (Å²) in [6.07, 6.45) is 1.44. The van der Waals surface area contributed by atoms with Gasteiger partial charge in [0.15, 0.2) is 0 Å². The Morgan fingerprint density at radius 3 is 3.00 bits per heavy atom. The lowest BCUT2D eigenvalue weighted by atomic mass is 10.5. The highest BCUT2D eigenvalue weighted by atomic mass is 35.5. The summed E-state index contributed by atoms with van der Waals surface area (Å²) in [5, 5.41) is 0.00361. The molecule has 5 nitrogen and oxygen atoms in total. The number of carbonyl (C=O) groups excluding carboxylic acids is 1. The van der Waals surface area contributed by atoms with E-state index >= 15 is 0 Å². The molecule has 0 N–H and O–H groups in total. The molecule has 0 aliphatic rings. The third-order valence-electron chi connectivity index (χ3n) is 1.01. The van der Waals surface area contributed by atoms with Crippen LogP contribution in [0.15, 0.2) is 6.33 Å². The lowest BCUT2D eigenvalue weighted by Gasteiger charge is -1.97. The second-order valence-corrected chi connectivity index (χ2v) is 2.20. The maximum atomic E-state index is 10.7. The predicted octanol–water partition coefficient (Wildman–Crippen LogP) is 0.840. The first kappa shape index (κ1) is 8.86. The number of aromatic nitrogens is 3. The number of rotatable bonds is 2. The van der Waals surface area contributed by atoms with E-state index in [1.807, 2.05) is 0 Å². The number of hydrogen-bond donors (Lipinski definition) is 0. The van der Waals surface area contributed by atoms with Crippen molar-refractivity contribution in [2.45, 2.75) is 13.3 Å². The molecule has 0 fully saturated rings. The van der Waals surface area contributed by atoms with Gasteiger partial charge in [-0.2, -0.15) is 9.97 Å². The maximum Gasteiger partial charge on any atom is 0.328 e. The predicted molar refractivity (Wildman–Crippen MR) is 40.8 cm³/mol. The van der Waals surface area contributed by atoms with E-state index in [0.29, 0.717) is 0 Å². The van der Waals surface area contributed by atoms with Gasteiger partial charge in [-0.15, -0.1) is 0 Å². The normalized spacial score (nSPS) is 9.50. The fourth-order valence-corrected chi connectivity index (χ4v) is 0.602. The fraction of sp³-hybridized carbons (Fsp3) is 0.333. The van der Waals surface area contributed by atoms with Gasteiger partial charge in [0.05, 0.1) is 0 Å². The molecule has 1 rings (SSSR count). The van der Waals surface area contributed by atoms with Gasteiger partial charge in [0, 0.05) is 6.42 Å². The number of ether oxygens (including phenoxy) is 1.